The molecule has 2 heterocycles. The van der Waals surface area contributed by atoms with Gasteiger partial charge in [-0.15, -0.1) is 0 Å². The zero-order valence-corrected chi connectivity index (χ0v) is 51.0. The highest BCUT2D eigenvalue weighted by molar-refractivity contribution is 6.25. The molecule has 0 spiro atoms. The van der Waals surface area contributed by atoms with Crippen molar-refractivity contribution >= 4 is 86.2 Å². The van der Waals surface area contributed by atoms with Gasteiger partial charge in [0.25, 0.3) is 0 Å². The summed E-state index contributed by atoms with van der Waals surface area (Å²) in [6.45, 7) is 0. The molecule has 20 rings (SSSR count). The molecule has 94 heavy (non-hydrogen) atoms. The minimum atomic E-state index is 0.857. The molecule has 0 saturated carbocycles. The van der Waals surface area contributed by atoms with E-state index in [1.165, 1.54) is 153 Å². The third-order valence-electron chi connectivity index (χ3n) is 20.2. The minimum absolute atomic E-state index is 0.857. The first-order valence-electron chi connectivity index (χ1n) is 32.4. The minimum Gasteiger partial charge on any atom is -0.456 e. The van der Waals surface area contributed by atoms with Crippen molar-refractivity contribution in [3.8, 4) is 123 Å². The number of hydrogen-bond acceptors (Lipinski definition) is 2. The van der Waals surface area contributed by atoms with Gasteiger partial charge in [-0.2, -0.15) is 0 Å². The highest BCUT2D eigenvalue weighted by Gasteiger charge is 2.27. The molecule has 434 valence electrons. The topological polar surface area (TPSA) is 18.5 Å². The quantitative estimate of drug-likeness (QED) is 0.148. The molecule has 0 bridgehead atoms. The van der Waals surface area contributed by atoms with Gasteiger partial charge in [-0.3, -0.25) is 0 Å². The molecule has 2 heteroatoms. The molecule has 0 fully saturated rings. The van der Waals surface area contributed by atoms with Gasteiger partial charge in [0.2, 0.25) is 0 Å². The van der Waals surface area contributed by atoms with E-state index in [1.54, 1.807) is 0 Å². The average molecular weight is 1190 g/mol. The lowest BCUT2D eigenvalue weighted by Crippen LogP contribution is -1.99. The summed E-state index contributed by atoms with van der Waals surface area (Å²) < 4.78 is 13.8. The van der Waals surface area contributed by atoms with Crippen LogP contribution in [0.2, 0.25) is 0 Å². The lowest BCUT2D eigenvalue weighted by molar-refractivity contribution is 0.487. The Morgan fingerprint density at radius 3 is 1.15 bits per heavy atom. The van der Waals surface area contributed by atoms with Gasteiger partial charge in [-0.25, -0.2) is 0 Å². The van der Waals surface area contributed by atoms with Crippen LogP contribution >= 0.6 is 0 Å². The number of fused-ring (bicyclic) bond motifs is 10. The monoisotopic (exact) mass is 1190 g/mol. The van der Waals surface area contributed by atoms with Gasteiger partial charge >= 0.3 is 0 Å². The van der Waals surface area contributed by atoms with Crippen LogP contribution < -0.4 is 9.47 Å². The fourth-order valence-electron chi connectivity index (χ4n) is 16.2. The molecule has 0 saturated heterocycles. The smallest absolute Gasteiger partial charge is 0.135 e. The van der Waals surface area contributed by atoms with Crippen molar-refractivity contribution < 1.29 is 9.47 Å². The van der Waals surface area contributed by atoms with Gasteiger partial charge < -0.3 is 9.47 Å². The molecule has 18 aromatic rings. The summed E-state index contributed by atoms with van der Waals surface area (Å²) in [5, 5.41) is 19.2. The van der Waals surface area contributed by atoms with E-state index in [9.17, 15) is 0 Å². The molecule has 0 unspecified atom stereocenters. The second-order valence-corrected chi connectivity index (χ2v) is 25.2. The Morgan fingerprint density at radius 1 is 0.149 bits per heavy atom. The highest BCUT2D eigenvalue weighted by atomic mass is 16.5. The average Bonchev–Trinajstić information content (AvgIpc) is 0.739. The Bertz CT molecular complexity index is 6180. The first kappa shape index (κ1) is 52.4. The summed E-state index contributed by atoms with van der Waals surface area (Å²) in [5.41, 5.74) is 21.3. The van der Waals surface area contributed by atoms with E-state index in [4.69, 9.17) is 9.47 Å². The molecule has 0 radical (unpaired) electrons. The predicted molar refractivity (Wildman–Crippen MR) is 396 cm³/mol. The number of rotatable bonds is 7. The summed E-state index contributed by atoms with van der Waals surface area (Å²) in [6.07, 6.45) is 0. The van der Waals surface area contributed by atoms with Gasteiger partial charge in [0.1, 0.15) is 23.0 Å². The van der Waals surface area contributed by atoms with Crippen LogP contribution in [0.1, 0.15) is 0 Å². The number of ether oxygens (including phenoxy) is 2. The van der Waals surface area contributed by atoms with Crippen LogP contribution in [0.5, 0.6) is 23.0 Å². The standard InChI is InChI=1S/C92H54O2/c1-2-26-63-55(19-1)20-14-38-67(63)68-27-3-4-28-72(68)91-81-35-11-9-33-79(81)89(80-34-10-12-36-82(80)91)62-45-48-70-74-41-18-40-71-66(49-50-84(92(71)74)94-86(70)54-62)59-43-46-65-57(51-59)24-16-37-64(65)58-23-13-25-60(52-58)87-75-29-5-7-31-77(75)88(78-32-8-6-30-76(78)87)61-44-47-69-73-39-15-21-56-22-17-42-83(90(56)73)93-85(69)53-61/h1-54H. The Balaban J connectivity index is 0.653. The Labute approximate surface area is 543 Å². The van der Waals surface area contributed by atoms with Crippen molar-refractivity contribution in [2.24, 2.45) is 0 Å². The Morgan fingerprint density at radius 2 is 0.521 bits per heavy atom. The fourth-order valence-corrected chi connectivity index (χ4v) is 16.2. The summed E-state index contributed by atoms with van der Waals surface area (Å²) in [7, 11) is 0. The van der Waals surface area contributed by atoms with Gasteiger partial charge in [0.15, 0.2) is 0 Å². The van der Waals surface area contributed by atoms with E-state index in [1.807, 2.05) is 0 Å². The SMILES string of the molecule is c1cc(-c2cccc3cc(-c4ccc5c6c(cccc46)-c4ccc(-c6c7ccccc7c(-c7ccccc7-c7cccc8ccccc78)c7ccccc67)cc4O5)ccc23)cc(-c2c3ccccc3c(-c3ccc4c(c3)Oc3cccc5cccc-4c35)c3ccccc23)c1. The maximum Gasteiger partial charge on any atom is 0.135 e. The van der Waals surface area contributed by atoms with Gasteiger partial charge in [-0.1, -0.05) is 279 Å². The Hall–Kier alpha value is -12.4. The van der Waals surface area contributed by atoms with E-state index < -0.39 is 0 Å². The van der Waals surface area contributed by atoms with Gasteiger partial charge in [0, 0.05) is 21.9 Å². The molecule has 2 aliphatic heterocycles. The summed E-state index contributed by atoms with van der Waals surface area (Å²) in [4.78, 5) is 0. The van der Waals surface area contributed by atoms with E-state index in [-0.39, 0.29) is 0 Å². The van der Waals surface area contributed by atoms with Crippen LogP contribution in [0.3, 0.4) is 0 Å². The van der Waals surface area contributed by atoms with E-state index in [0.717, 1.165) is 56.2 Å². The van der Waals surface area contributed by atoms with Gasteiger partial charge in [0.05, 0.1) is 0 Å². The second kappa shape index (κ2) is 20.6. The van der Waals surface area contributed by atoms with Crippen LogP contribution in [0.15, 0.2) is 328 Å². The molecule has 2 aliphatic rings. The first-order valence-corrected chi connectivity index (χ1v) is 32.4. The maximum absolute atomic E-state index is 7.10. The van der Waals surface area contributed by atoms with Crippen molar-refractivity contribution in [2.75, 3.05) is 0 Å². The fraction of sp³-hybridized carbons (Fsp3) is 0. The molecular formula is C92H54O2. The normalized spacial score (nSPS) is 12.2. The van der Waals surface area contributed by atoms with E-state index in [0.29, 0.717) is 0 Å². The third-order valence-corrected chi connectivity index (χ3v) is 20.2. The predicted octanol–water partition coefficient (Wildman–Crippen LogP) is 26.1. The lowest BCUT2D eigenvalue weighted by atomic mass is 9.83. The van der Waals surface area contributed by atoms with Crippen molar-refractivity contribution in [1.82, 2.24) is 0 Å². The van der Waals surface area contributed by atoms with Crippen molar-refractivity contribution in [2.45, 2.75) is 0 Å². The van der Waals surface area contributed by atoms with Crippen molar-refractivity contribution in [3.63, 3.8) is 0 Å². The Kier molecular flexibility index (Phi) is 11.5. The van der Waals surface area contributed by atoms with Crippen LogP contribution in [0, 0.1) is 0 Å². The molecular weight excluding hydrogens is 1140 g/mol. The molecule has 0 amide bonds. The summed E-state index contributed by atoms with van der Waals surface area (Å²) in [5.74, 6) is 3.50. The third kappa shape index (κ3) is 7.90. The van der Waals surface area contributed by atoms with Crippen molar-refractivity contribution in [3.05, 3.63) is 328 Å². The van der Waals surface area contributed by atoms with Crippen LogP contribution in [-0.2, 0) is 0 Å². The molecule has 0 atom stereocenters. The summed E-state index contributed by atoms with van der Waals surface area (Å²) >= 11 is 0. The van der Waals surface area contributed by atoms with Crippen LogP contribution in [0.25, 0.3) is 186 Å². The largest absolute Gasteiger partial charge is 0.456 e. The van der Waals surface area contributed by atoms with E-state index >= 15 is 0 Å². The number of hydrogen-bond donors (Lipinski definition) is 0. The van der Waals surface area contributed by atoms with Gasteiger partial charge in [-0.05, 0) is 213 Å². The molecule has 18 aromatic carbocycles. The van der Waals surface area contributed by atoms with Crippen LogP contribution in [0.4, 0.5) is 0 Å². The summed E-state index contributed by atoms with van der Waals surface area (Å²) in [6, 6.07) is 121. The zero-order chi connectivity index (χ0) is 61.5. The van der Waals surface area contributed by atoms with Crippen molar-refractivity contribution in [1.29, 1.82) is 0 Å². The second-order valence-electron chi connectivity index (χ2n) is 25.2. The van der Waals surface area contributed by atoms with E-state index in [2.05, 4.69) is 328 Å². The molecule has 2 nitrogen and oxygen atoms in total. The van der Waals surface area contributed by atoms with Crippen LogP contribution in [-0.4, -0.2) is 0 Å². The zero-order valence-electron chi connectivity index (χ0n) is 51.0. The molecule has 0 aliphatic carbocycles. The maximum atomic E-state index is 7.10. The molecule has 0 N–H and O–H groups in total. The number of benzene rings is 18. The first-order chi connectivity index (χ1) is 46.6. The highest BCUT2D eigenvalue weighted by Crippen LogP contribution is 2.54. The lowest BCUT2D eigenvalue weighted by Gasteiger charge is -2.24. The molecule has 0 aromatic heterocycles.